The van der Waals surface area contributed by atoms with Crippen molar-refractivity contribution in [1.82, 2.24) is 30.3 Å². The minimum atomic E-state index is -0.219. The molecule has 1 aliphatic carbocycles. The number of hydrogen-bond acceptors (Lipinski definition) is 4. The number of carbonyl (C=O) groups is 1. The Labute approximate surface area is 164 Å². The number of benzene rings is 1. The smallest absolute Gasteiger partial charge is 0.320 e. The van der Waals surface area contributed by atoms with Crippen LogP contribution in [-0.2, 0) is 6.54 Å². The summed E-state index contributed by atoms with van der Waals surface area (Å²) in [5.41, 5.74) is 2.14. The van der Waals surface area contributed by atoms with E-state index in [0.717, 1.165) is 55.5 Å². The molecule has 1 fully saturated rings. The SMILES string of the molecule is CCCn1cc(NC(=O)NCC2CCC(c3nc4ccccc4[nH]3)CC2)nn1. The molecule has 4 rings (SSSR count). The Hall–Kier alpha value is -2.90. The van der Waals surface area contributed by atoms with Gasteiger partial charge in [0.2, 0.25) is 0 Å². The molecule has 0 unspecified atom stereocenters. The largest absolute Gasteiger partial charge is 0.342 e. The standard InChI is InChI=1S/C20H27N7O/c1-2-11-27-13-18(25-26-27)24-20(28)21-12-14-7-9-15(10-8-14)19-22-16-5-3-4-6-17(16)23-19/h3-6,13-15H,2,7-12H2,1H3,(H,22,23)(H2,21,24,28). The van der Waals surface area contributed by atoms with E-state index in [-0.39, 0.29) is 6.03 Å². The second-order valence-corrected chi connectivity index (χ2v) is 7.56. The van der Waals surface area contributed by atoms with Gasteiger partial charge in [0.25, 0.3) is 0 Å². The first kappa shape index (κ1) is 18.5. The lowest BCUT2D eigenvalue weighted by atomic mass is 9.81. The van der Waals surface area contributed by atoms with E-state index in [1.807, 2.05) is 18.2 Å². The van der Waals surface area contributed by atoms with Crippen molar-refractivity contribution >= 4 is 22.9 Å². The van der Waals surface area contributed by atoms with E-state index in [0.29, 0.717) is 24.2 Å². The lowest BCUT2D eigenvalue weighted by molar-refractivity contribution is 0.245. The van der Waals surface area contributed by atoms with Crippen molar-refractivity contribution in [2.75, 3.05) is 11.9 Å². The van der Waals surface area contributed by atoms with Crippen LogP contribution in [0, 0.1) is 5.92 Å². The third-order valence-electron chi connectivity index (χ3n) is 5.43. The number of aryl methyl sites for hydroxylation is 1. The van der Waals surface area contributed by atoms with E-state index in [9.17, 15) is 4.79 Å². The van der Waals surface area contributed by atoms with Gasteiger partial charge in [-0.3, -0.25) is 10.00 Å². The Morgan fingerprint density at radius 2 is 2.07 bits per heavy atom. The minimum Gasteiger partial charge on any atom is -0.342 e. The highest BCUT2D eigenvalue weighted by Gasteiger charge is 2.24. The van der Waals surface area contributed by atoms with Crippen LogP contribution < -0.4 is 10.6 Å². The topological polar surface area (TPSA) is 101 Å². The number of aromatic nitrogens is 5. The molecule has 2 aromatic heterocycles. The van der Waals surface area contributed by atoms with Gasteiger partial charge in [0, 0.05) is 19.0 Å². The highest BCUT2D eigenvalue weighted by molar-refractivity contribution is 5.87. The summed E-state index contributed by atoms with van der Waals surface area (Å²) in [6.45, 7) is 3.55. The van der Waals surface area contributed by atoms with E-state index in [4.69, 9.17) is 4.98 Å². The fraction of sp³-hybridized carbons (Fsp3) is 0.500. The molecule has 2 heterocycles. The van der Waals surface area contributed by atoms with Gasteiger partial charge < -0.3 is 10.3 Å². The van der Waals surface area contributed by atoms with E-state index in [1.54, 1.807) is 10.9 Å². The summed E-state index contributed by atoms with van der Waals surface area (Å²) >= 11 is 0. The number of rotatable bonds is 6. The van der Waals surface area contributed by atoms with Crippen molar-refractivity contribution in [3.8, 4) is 0 Å². The number of imidazole rings is 1. The van der Waals surface area contributed by atoms with Gasteiger partial charge in [-0.05, 0) is 50.2 Å². The maximum Gasteiger partial charge on any atom is 0.320 e. The molecule has 2 amide bonds. The molecule has 28 heavy (non-hydrogen) atoms. The summed E-state index contributed by atoms with van der Waals surface area (Å²) in [7, 11) is 0. The van der Waals surface area contributed by atoms with Crippen LogP contribution in [0.15, 0.2) is 30.5 Å². The number of fused-ring (bicyclic) bond motifs is 1. The normalized spacial score (nSPS) is 19.6. The molecule has 148 valence electrons. The number of hydrogen-bond donors (Lipinski definition) is 3. The van der Waals surface area contributed by atoms with Crippen molar-refractivity contribution in [2.45, 2.75) is 51.5 Å². The van der Waals surface area contributed by atoms with Gasteiger partial charge in [-0.15, -0.1) is 5.10 Å². The molecule has 8 nitrogen and oxygen atoms in total. The molecule has 3 aromatic rings. The summed E-state index contributed by atoms with van der Waals surface area (Å²) < 4.78 is 1.73. The van der Waals surface area contributed by atoms with Gasteiger partial charge in [0.15, 0.2) is 5.82 Å². The van der Waals surface area contributed by atoms with E-state index in [2.05, 4.69) is 38.9 Å². The summed E-state index contributed by atoms with van der Waals surface area (Å²) in [6.07, 6.45) is 7.11. The van der Waals surface area contributed by atoms with Gasteiger partial charge in [0.1, 0.15) is 5.82 Å². The third-order valence-corrected chi connectivity index (χ3v) is 5.43. The zero-order valence-electron chi connectivity index (χ0n) is 16.2. The van der Waals surface area contributed by atoms with Crippen LogP contribution in [0.4, 0.5) is 10.6 Å². The molecule has 0 atom stereocenters. The average Bonchev–Trinajstić information content (AvgIpc) is 3.34. The highest BCUT2D eigenvalue weighted by atomic mass is 16.2. The fourth-order valence-electron chi connectivity index (χ4n) is 3.90. The molecule has 0 saturated heterocycles. The zero-order valence-corrected chi connectivity index (χ0v) is 16.2. The molecule has 0 spiro atoms. The number of para-hydroxylation sites is 2. The second kappa shape index (κ2) is 8.41. The van der Waals surface area contributed by atoms with E-state index < -0.39 is 0 Å². The van der Waals surface area contributed by atoms with Gasteiger partial charge >= 0.3 is 6.03 Å². The van der Waals surface area contributed by atoms with Crippen molar-refractivity contribution in [1.29, 1.82) is 0 Å². The van der Waals surface area contributed by atoms with Crippen LogP contribution in [0.3, 0.4) is 0 Å². The molecule has 8 heteroatoms. The van der Waals surface area contributed by atoms with Crippen molar-refractivity contribution in [2.24, 2.45) is 5.92 Å². The van der Waals surface area contributed by atoms with E-state index in [1.165, 1.54) is 0 Å². The van der Waals surface area contributed by atoms with Gasteiger partial charge in [-0.25, -0.2) is 9.78 Å². The number of carbonyl (C=O) groups excluding carboxylic acids is 1. The van der Waals surface area contributed by atoms with Crippen molar-refractivity contribution in [3.05, 3.63) is 36.3 Å². The van der Waals surface area contributed by atoms with E-state index >= 15 is 0 Å². The Kier molecular flexibility index (Phi) is 5.55. The first-order valence-corrected chi connectivity index (χ1v) is 10.1. The predicted molar refractivity (Wildman–Crippen MR) is 108 cm³/mol. The molecule has 0 bridgehead atoms. The molecular formula is C20H27N7O. The lowest BCUT2D eigenvalue weighted by Crippen LogP contribution is -2.34. The number of urea groups is 1. The average molecular weight is 381 g/mol. The van der Waals surface area contributed by atoms with Crippen LogP contribution in [-0.4, -0.2) is 37.5 Å². The molecule has 1 aliphatic rings. The Morgan fingerprint density at radius 3 is 2.86 bits per heavy atom. The molecule has 1 saturated carbocycles. The number of nitrogens with one attached hydrogen (secondary N) is 3. The van der Waals surface area contributed by atoms with Crippen LogP contribution in [0.1, 0.15) is 50.8 Å². The maximum absolute atomic E-state index is 12.1. The zero-order chi connectivity index (χ0) is 19.3. The molecule has 3 N–H and O–H groups in total. The number of H-pyrrole nitrogens is 1. The summed E-state index contributed by atoms with van der Waals surface area (Å²) in [4.78, 5) is 20.3. The maximum atomic E-state index is 12.1. The Bertz CT molecular complexity index is 890. The molecular weight excluding hydrogens is 354 g/mol. The van der Waals surface area contributed by atoms with Crippen LogP contribution >= 0.6 is 0 Å². The van der Waals surface area contributed by atoms with Gasteiger partial charge in [-0.2, -0.15) is 0 Å². The third kappa shape index (κ3) is 4.32. The molecule has 0 radical (unpaired) electrons. The summed E-state index contributed by atoms with van der Waals surface area (Å²) in [5, 5.41) is 13.7. The first-order chi connectivity index (χ1) is 13.7. The first-order valence-electron chi connectivity index (χ1n) is 10.1. The highest BCUT2D eigenvalue weighted by Crippen LogP contribution is 2.34. The number of nitrogens with zero attached hydrogens (tertiary/aromatic N) is 4. The van der Waals surface area contributed by atoms with Crippen LogP contribution in [0.25, 0.3) is 11.0 Å². The second-order valence-electron chi connectivity index (χ2n) is 7.56. The fourth-order valence-corrected chi connectivity index (χ4v) is 3.90. The van der Waals surface area contributed by atoms with Crippen LogP contribution in [0.5, 0.6) is 0 Å². The summed E-state index contributed by atoms with van der Waals surface area (Å²) in [5.74, 6) is 2.56. The van der Waals surface area contributed by atoms with Crippen molar-refractivity contribution < 1.29 is 4.79 Å². The molecule has 1 aromatic carbocycles. The number of aromatic amines is 1. The van der Waals surface area contributed by atoms with Crippen molar-refractivity contribution in [3.63, 3.8) is 0 Å². The Morgan fingerprint density at radius 1 is 1.25 bits per heavy atom. The Balaban J connectivity index is 1.22. The lowest BCUT2D eigenvalue weighted by Gasteiger charge is -2.27. The molecule has 0 aliphatic heterocycles. The van der Waals surface area contributed by atoms with Crippen LogP contribution in [0.2, 0.25) is 0 Å². The number of amides is 2. The van der Waals surface area contributed by atoms with Gasteiger partial charge in [0.05, 0.1) is 17.2 Å². The number of anilines is 1. The minimum absolute atomic E-state index is 0.219. The summed E-state index contributed by atoms with van der Waals surface area (Å²) in [6, 6.07) is 7.95. The predicted octanol–water partition coefficient (Wildman–Crippen LogP) is 3.66. The monoisotopic (exact) mass is 381 g/mol. The van der Waals surface area contributed by atoms with Gasteiger partial charge in [-0.1, -0.05) is 24.3 Å². The quantitative estimate of drug-likeness (QED) is 0.606.